The maximum Gasteiger partial charge on any atom is 0.342 e. The molecule has 2 rings (SSSR count). The average molecular weight is 361 g/mol. The molecule has 0 radical (unpaired) electrons. The van der Waals surface area contributed by atoms with Crippen LogP contribution in [0.5, 0.6) is 5.75 Å². The van der Waals surface area contributed by atoms with Crippen molar-refractivity contribution in [2.75, 3.05) is 24.4 Å². The van der Waals surface area contributed by atoms with Crippen LogP contribution in [0.2, 0.25) is 0 Å². The van der Waals surface area contributed by atoms with E-state index < -0.39 is 17.9 Å². The van der Waals surface area contributed by atoms with Crippen molar-refractivity contribution in [3.8, 4) is 5.75 Å². The summed E-state index contributed by atoms with van der Waals surface area (Å²) in [5, 5.41) is 4.92. The number of esters is 1. The second-order valence-corrected chi connectivity index (χ2v) is 5.10. The van der Waals surface area contributed by atoms with E-state index in [4.69, 9.17) is 19.6 Å². The van der Waals surface area contributed by atoms with Gasteiger partial charge in [0.25, 0.3) is 5.91 Å². The molecule has 0 saturated carbocycles. The first-order valence-electron chi connectivity index (χ1n) is 7.70. The summed E-state index contributed by atoms with van der Waals surface area (Å²) < 4.78 is 15.4. The molecule has 1 heterocycles. The number of rotatable bonds is 6. The van der Waals surface area contributed by atoms with Gasteiger partial charge in [0.1, 0.15) is 22.6 Å². The van der Waals surface area contributed by atoms with Gasteiger partial charge in [0.05, 0.1) is 19.4 Å². The third-order valence-corrected chi connectivity index (χ3v) is 3.39. The molecule has 1 aromatic heterocycles. The predicted molar refractivity (Wildman–Crippen MR) is 93.6 cm³/mol. The minimum absolute atomic E-state index is 0.102. The summed E-state index contributed by atoms with van der Waals surface area (Å²) in [6.07, 6.45) is 0. The number of nitrogens with two attached hydrogens (primary N) is 1. The van der Waals surface area contributed by atoms with E-state index in [0.717, 1.165) is 0 Å². The Labute approximate surface area is 149 Å². The van der Waals surface area contributed by atoms with Crippen molar-refractivity contribution in [3.05, 3.63) is 41.2 Å². The summed E-state index contributed by atoms with van der Waals surface area (Å²) in [6.45, 7) is 3.19. The Morgan fingerprint density at radius 2 is 1.85 bits per heavy atom. The minimum Gasteiger partial charge on any atom is -0.495 e. The lowest BCUT2D eigenvalue weighted by molar-refractivity contribution is 0.0521. The number of para-hydroxylation sites is 2. The number of carbonyl (C=O) groups excluding carboxylic acids is 3. The maximum atomic E-state index is 12.2. The second-order valence-electron chi connectivity index (χ2n) is 5.10. The van der Waals surface area contributed by atoms with Gasteiger partial charge in [-0.05, 0) is 26.0 Å². The Bertz CT molecular complexity index is 843. The van der Waals surface area contributed by atoms with Gasteiger partial charge in [0.2, 0.25) is 5.88 Å². The standard InChI is InChI=1S/C17H19N3O6/c1-4-25-16(22)12-9(2)26-15(13(12)14(18)21)20-17(23)19-10-7-5-6-8-11(10)24-3/h5-8H,4H2,1-3H3,(H2,18,21)(H2,19,20,23). The molecule has 26 heavy (non-hydrogen) atoms. The van der Waals surface area contributed by atoms with Gasteiger partial charge in [0.15, 0.2) is 0 Å². The Balaban J connectivity index is 2.29. The van der Waals surface area contributed by atoms with E-state index in [9.17, 15) is 14.4 Å². The largest absolute Gasteiger partial charge is 0.495 e. The number of carbonyl (C=O) groups is 3. The number of nitrogens with one attached hydrogen (secondary N) is 2. The topological polar surface area (TPSA) is 133 Å². The lowest BCUT2D eigenvalue weighted by atomic mass is 10.1. The summed E-state index contributed by atoms with van der Waals surface area (Å²) in [7, 11) is 1.46. The number of benzene rings is 1. The lowest BCUT2D eigenvalue weighted by Crippen LogP contribution is -2.23. The summed E-state index contributed by atoms with van der Waals surface area (Å²) in [5.41, 5.74) is 5.37. The molecule has 2 aromatic rings. The molecule has 9 nitrogen and oxygen atoms in total. The third-order valence-electron chi connectivity index (χ3n) is 3.39. The number of urea groups is 1. The van der Waals surface area contributed by atoms with Crippen LogP contribution in [0.4, 0.5) is 16.4 Å². The van der Waals surface area contributed by atoms with Crippen LogP contribution >= 0.6 is 0 Å². The fraction of sp³-hybridized carbons (Fsp3) is 0.235. The predicted octanol–water partition coefficient (Wildman–Crippen LogP) is 2.52. The molecule has 1 aromatic carbocycles. The molecule has 0 fully saturated rings. The molecule has 4 N–H and O–H groups in total. The van der Waals surface area contributed by atoms with Crippen molar-refractivity contribution < 1.29 is 28.3 Å². The highest BCUT2D eigenvalue weighted by Gasteiger charge is 2.29. The zero-order chi connectivity index (χ0) is 19.3. The van der Waals surface area contributed by atoms with E-state index in [1.54, 1.807) is 31.2 Å². The second kappa shape index (κ2) is 8.06. The monoisotopic (exact) mass is 361 g/mol. The van der Waals surface area contributed by atoms with Gasteiger partial charge in [-0.15, -0.1) is 0 Å². The lowest BCUT2D eigenvalue weighted by Gasteiger charge is -2.10. The van der Waals surface area contributed by atoms with Crippen molar-refractivity contribution in [1.29, 1.82) is 0 Å². The Hall–Kier alpha value is -3.49. The normalized spacial score (nSPS) is 10.1. The van der Waals surface area contributed by atoms with E-state index in [-0.39, 0.29) is 29.4 Å². The number of hydrogen-bond donors (Lipinski definition) is 3. The Kier molecular flexibility index (Phi) is 5.84. The van der Waals surface area contributed by atoms with E-state index in [1.165, 1.54) is 14.0 Å². The average Bonchev–Trinajstić information content (AvgIpc) is 2.91. The number of anilines is 2. The van der Waals surface area contributed by atoms with Crippen molar-refractivity contribution in [3.63, 3.8) is 0 Å². The van der Waals surface area contributed by atoms with Crippen LogP contribution in [0.3, 0.4) is 0 Å². The van der Waals surface area contributed by atoms with Gasteiger partial charge in [-0.25, -0.2) is 9.59 Å². The first-order chi connectivity index (χ1) is 12.4. The molecule has 0 unspecified atom stereocenters. The van der Waals surface area contributed by atoms with Crippen molar-refractivity contribution in [2.45, 2.75) is 13.8 Å². The number of amides is 3. The number of aryl methyl sites for hydroxylation is 1. The van der Waals surface area contributed by atoms with Gasteiger partial charge in [-0.3, -0.25) is 10.1 Å². The van der Waals surface area contributed by atoms with Crippen molar-refractivity contribution in [2.24, 2.45) is 5.73 Å². The van der Waals surface area contributed by atoms with Crippen LogP contribution in [0, 0.1) is 6.92 Å². The molecule has 0 saturated heterocycles. The molecule has 138 valence electrons. The Morgan fingerprint density at radius 1 is 1.15 bits per heavy atom. The van der Waals surface area contributed by atoms with Crippen LogP contribution in [-0.4, -0.2) is 31.6 Å². The summed E-state index contributed by atoms with van der Waals surface area (Å²) in [4.78, 5) is 36.0. The van der Waals surface area contributed by atoms with Crippen LogP contribution in [-0.2, 0) is 4.74 Å². The van der Waals surface area contributed by atoms with Gasteiger partial charge < -0.3 is 24.9 Å². The zero-order valence-corrected chi connectivity index (χ0v) is 14.5. The van der Waals surface area contributed by atoms with Gasteiger partial charge in [0, 0.05) is 0 Å². The number of primary amides is 1. The smallest absolute Gasteiger partial charge is 0.342 e. The van der Waals surface area contributed by atoms with Crippen LogP contribution in [0.15, 0.2) is 28.7 Å². The number of hydrogen-bond acceptors (Lipinski definition) is 6. The number of methoxy groups -OCH3 is 1. The molecule has 0 aliphatic rings. The number of furan rings is 1. The minimum atomic E-state index is -0.933. The van der Waals surface area contributed by atoms with Gasteiger partial charge in [-0.2, -0.15) is 0 Å². The van der Waals surface area contributed by atoms with Crippen molar-refractivity contribution in [1.82, 2.24) is 0 Å². The molecule has 3 amide bonds. The number of ether oxygens (including phenoxy) is 2. The summed E-state index contributed by atoms with van der Waals surface area (Å²) >= 11 is 0. The van der Waals surface area contributed by atoms with Gasteiger partial charge >= 0.3 is 12.0 Å². The Morgan fingerprint density at radius 3 is 2.46 bits per heavy atom. The van der Waals surface area contributed by atoms with Crippen LogP contribution < -0.4 is 21.1 Å². The molecule has 9 heteroatoms. The first kappa shape index (κ1) is 18.8. The molecule has 0 atom stereocenters. The van der Waals surface area contributed by atoms with Gasteiger partial charge in [-0.1, -0.05) is 12.1 Å². The maximum absolute atomic E-state index is 12.2. The van der Waals surface area contributed by atoms with E-state index >= 15 is 0 Å². The zero-order valence-electron chi connectivity index (χ0n) is 14.5. The van der Waals surface area contributed by atoms with Crippen molar-refractivity contribution >= 4 is 29.5 Å². The highest BCUT2D eigenvalue weighted by atomic mass is 16.5. The highest BCUT2D eigenvalue weighted by Crippen LogP contribution is 2.28. The van der Waals surface area contributed by atoms with Crippen LogP contribution in [0.25, 0.3) is 0 Å². The molecule has 0 aliphatic heterocycles. The summed E-state index contributed by atoms with van der Waals surface area (Å²) in [6, 6.07) is 6.05. The van der Waals surface area contributed by atoms with E-state index in [2.05, 4.69) is 10.6 Å². The fourth-order valence-corrected chi connectivity index (χ4v) is 2.32. The summed E-state index contributed by atoms with van der Waals surface area (Å²) in [5.74, 6) is -1.39. The highest BCUT2D eigenvalue weighted by molar-refractivity contribution is 6.11. The van der Waals surface area contributed by atoms with E-state index in [1.807, 2.05) is 0 Å². The van der Waals surface area contributed by atoms with Crippen LogP contribution in [0.1, 0.15) is 33.4 Å². The third kappa shape index (κ3) is 3.94. The molecule has 0 aliphatic carbocycles. The fourth-order valence-electron chi connectivity index (χ4n) is 2.32. The molecular weight excluding hydrogens is 342 g/mol. The first-order valence-corrected chi connectivity index (χ1v) is 7.70. The molecule has 0 spiro atoms. The van der Waals surface area contributed by atoms with E-state index in [0.29, 0.717) is 11.4 Å². The SMILES string of the molecule is CCOC(=O)c1c(C)oc(NC(=O)Nc2ccccc2OC)c1C(N)=O. The quantitative estimate of drug-likeness (QED) is 0.677. The molecular formula is C17H19N3O6. The molecule has 0 bridgehead atoms.